The minimum absolute atomic E-state index is 0.200. The van der Waals surface area contributed by atoms with E-state index in [1.165, 1.54) is 6.08 Å². The van der Waals surface area contributed by atoms with Crippen molar-refractivity contribution in [1.82, 2.24) is 0 Å². The molecule has 0 saturated heterocycles. The van der Waals surface area contributed by atoms with Crippen molar-refractivity contribution in [3.8, 4) is 0 Å². The summed E-state index contributed by atoms with van der Waals surface area (Å²) in [6.45, 7) is 13.4. The monoisotopic (exact) mass is 182 g/mol. The van der Waals surface area contributed by atoms with E-state index >= 15 is 0 Å². The molecule has 0 aliphatic heterocycles. The zero-order chi connectivity index (χ0) is 10.6. The second-order valence-electron chi connectivity index (χ2n) is 3.75. The summed E-state index contributed by atoms with van der Waals surface area (Å²) in [6, 6.07) is 0. The molecule has 0 amide bonds. The lowest BCUT2D eigenvalue weighted by molar-refractivity contribution is 0.623. The molecule has 0 spiro atoms. The maximum absolute atomic E-state index is 13.4. The van der Waals surface area contributed by atoms with Gasteiger partial charge in [-0.2, -0.15) is 0 Å². The number of hydrogen-bond acceptors (Lipinski definition) is 0. The van der Waals surface area contributed by atoms with Crippen molar-refractivity contribution in [3.63, 3.8) is 0 Å². The number of rotatable bonds is 3. The van der Waals surface area contributed by atoms with Crippen LogP contribution in [0.3, 0.4) is 0 Å². The first-order valence-electron chi connectivity index (χ1n) is 4.58. The van der Waals surface area contributed by atoms with E-state index in [4.69, 9.17) is 0 Å². The lowest BCUT2D eigenvalue weighted by Gasteiger charge is -2.14. The molecule has 0 bridgehead atoms. The molecule has 0 atom stereocenters. The van der Waals surface area contributed by atoms with Crippen LogP contribution in [0.5, 0.6) is 0 Å². The fraction of sp³-hybridized carbons (Fsp3) is 0.500. The SMILES string of the molecule is C=C/C(F)=C(\C(C)=C(C)C)C(C)C. The van der Waals surface area contributed by atoms with Crippen molar-refractivity contribution >= 4 is 0 Å². The Labute approximate surface area is 80.9 Å². The van der Waals surface area contributed by atoms with E-state index in [9.17, 15) is 4.39 Å². The standard InChI is InChI=1S/C12H19F/c1-7-11(13)12(9(4)5)10(6)8(2)3/h7,9H,1H2,2-6H3/b12-11+. The molecular formula is C12H19F. The van der Waals surface area contributed by atoms with E-state index in [0.29, 0.717) is 0 Å². The van der Waals surface area contributed by atoms with Crippen molar-refractivity contribution < 1.29 is 4.39 Å². The molecule has 1 heteroatoms. The highest BCUT2D eigenvalue weighted by molar-refractivity contribution is 5.38. The summed E-state index contributed by atoms with van der Waals surface area (Å²) in [4.78, 5) is 0. The second kappa shape index (κ2) is 5.00. The van der Waals surface area contributed by atoms with Gasteiger partial charge in [-0.1, -0.05) is 26.0 Å². The summed E-state index contributed by atoms with van der Waals surface area (Å²) in [5, 5.41) is 0. The fourth-order valence-corrected chi connectivity index (χ4v) is 1.27. The van der Waals surface area contributed by atoms with E-state index in [1.807, 2.05) is 34.6 Å². The Morgan fingerprint density at radius 1 is 1.23 bits per heavy atom. The van der Waals surface area contributed by atoms with Crippen molar-refractivity contribution in [2.45, 2.75) is 34.6 Å². The Morgan fingerprint density at radius 3 is 1.92 bits per heavy atom. The molecule has 0 rings (SSSR count). The Hall–Kier alpha value is -0.850. The lowest BCUT2D eigenvalue weighted by Crippen LogP contribution is -1.99. The molecule has 0 aromatic rings. The molecule has 0 heterocycles. The number of allylic oxidation sites excluding steroid dienone is 5. The summed E-state index contributed by atoms with van der Waals surface area (Å²) in [5.74, 6) is 0.00148. The quantitative estimate of drug-likeness (QED) is 0.567. The van der Waals surface area contributed by atoms with Crippen LogP contribution in [-0.2, 0) is 0 Å². The van der Waals surface area contributed by atoms with Crippen LogP contribution in [0.1, 0.15) is 34.6 Å². The van der Waals surface area contributed by atoms with Gasteiger partial charge < -0.3 is 0 Å². The van der Waals surface area contributed by atoms with Gasteiger partial charge in [0.2, 0.25) is 0 Å². The third-order valence-corrected chi connectivity index (χ3v) is 2.17. The van der Waals surface area contributed by atoms with Gasteiger partial charge in [0.25, 0.3) is 0 Å². The third kappa shape index (κ3) is 3.17. The third-order valence-electron chi connectivity index (χ3n) is 2.17. The van der Waals surface area contributed by atoms with Crippen LogP contribution in [0, 0.1) is 5.92 Å². The van der Waals surface area contributed by atoms with Crippen LogP contribution in [0.4, 0.5) is 4.39 Å². The van der Waals surface area contributed by atoms with Crippen LogP contribution >= 0.6 is 0 Å². The molecule has 0 aromatic heterocycles. The molecule has 0 aromatic carbocycles. The van der Waals surface area contributed by atoms with Crippen LogP contribution in [0.2, 0.25) is 0 Å². The van der Waals surface area contributed by atoms with Crippen LogP contribution in [0.15, 0.2) is 35.2 Å². The first-order chi connectivity index (χ1) is 5.91. The van der Waals surface area contributed by atoms with E-state index in [-0.39, 0.29) is 11.7 Å². The highest BCUT2D eigenvalue weighted by Crippen LogP contribution is 2.26. The Bertz CT molecular complexity index is 250. The van der Waals surface area contributed by atoms with Gasteiger partial charge in [0.05, 0.1) is 0 Å². The summed E-state index contributed by atoms with van der Waals surface area (Å²) >= 11 is 0. The molecule has 13 heavy (non-hydrogen) atoms. The molecule has 0 aliphatic rings. The molecule has 0 aliphatic carbocycles. The minimum Gasteiger partial charge on any atom is -0.207 e. The Balaban J connectivity index is 5.31. The van der Waals surface area contributed by atoms with E-state index in [1.54, 1.807) is 0 Å². The van der Waals surface area contributed by atoms with Crippen LogP contribution < -0.4 is 0 Å². The van der Waals surface area contributed by atoms with Crippen LogP contribution in [-0.4, -0.2) is 0 Å². The largest absolute Gasteiger partial charge is 0.207 e. The smallest absolute Gasteiger partial charge is 0.126 e. The number of halogens is 1. The zero-order valence-electron chi connectivity index (χ0n) is 9.24. The van der Waals surface area contributed by atoms with E-state index < -0.39 is 0 Å². The normalized spacial score (nSPS) is 12.5. The molecule has 0 nitrogen and oxygen atoms in total. The second-order valence-corrected chi connectivity index (χ2v) is 3.75. The summed E-state index contributed by atoms with van der Waals surface area (Å²) < 4.78 is 13.4. The average Bonchev–Trinajstić information content (AvgIpc) is 2.03. The summed E-state index contributed by atoms with van der Waals surface area (Å²) in [6.07, 6.45) is 1.28. The lowest BCUT2D eigenvalue weighted by atomic mass is 9.92. The van der Waals surface area contributed by atoms with Gasteiger partial charge in [-0.3, -0.25) is 0 Å². The molecule has 0 radical (unpaired) electrons. The van der Waals surface area contributed by atoms with Crippen LogP contribution in [0.25, 0.3) is 0 Å². The molecule has 0 N–H and O–H groups in total. The highest BCUT2D eigenvalue weighted by Gasteiger charge is 2.11. The molecule has 0 fully saturated rings. The molecular weight excluding hydrogens is 163 g/mol. The maximum atomic E-state index is 13.4. The zero-order valence-corrected chi connectivity index (χ0v) is 9.24. The topological polar surface area (TPSA) is 0 Å². The highest BCUT2D eigenvalue weighted by atomic mass is 19.1. The minimum atomic E-state index is -0.200. The van der Waals surface area contributed by atoms with Gasteiger partial charge in [-0.15, -0.1) is 0 Å². The van der Waals surface area contributed by atoms with Gasteiger partial charge in [0.15, 0.2) is 0 Å². The average molecular weight is 182 g/mol. The first kappa shape index (κ1) is 12.2. The molecule has 0 unspecified atom stereocenters. The van der Waals surface area contributed by atoms with Crippen molar-refractivity contribution in [1.29, 1.82) is 0 Å². The van der Waals surface area contributed by atoms with Crippen molar-refractivity contribution in [2.24, 2.45) is 5.92 Å². The van der Waals surface area contributed by atoms with E-state index in [0.717, 1.165) is 16.7 Å². The van der Waals surface area contributed by atoms with Gasteiger partial charge in [0.1, 0.15) is 5.83 Å². The summed E-state index contributed by atoms with van der Waals surface area (Å²) in [5.41, 5.74) is 2.96. The van der Waals surface area contributed by atoms with Gasteiger partial charge >= 0.3 is 0 Å². The van der Waals surface area contributed by atoms with Crippen molar-refractivity contribution in [3.05, 3.63) is 35.2 Å². The molecule has 74 valence electrons. The summed E-state index contributed by atoms with van der Waals surface area (Å²) in [7, 11) is 0. The predicted molar refractivity (Wildman–Crippen MR) is 57.2 cm³/mol. The Morgan fingerprint density at radius 2 is 1.69 bits per heavy atom. The first-order valence-corrected chi connectivity index (χ1v) is 4.58. The van der Waals surface area contributed by atoms with Crippen molar-refractivity contribution in [2.75, 3.05) is 0 Å². The van der Waals surface area contributed by atoms with Gasteiger partial charge in [0, 0.05) is 0 Å². The van der Waals surface area contributed by atoms with Gasteiger partial charge in [-0.05, 0) is 43.9 Å². The maximum Gasteiger partial charge on any atom is 0.126 e. The van der Waals surface area contributed by atoms with Gasteiger partial charge in [-0.25, -0.2) is 4.39 Å². The predicted octanol–water partition coefficient (Wildman–Crippen LogP) is 4.41. The van der Waals surface area contributed by atoms with E-state index in [2.05, 4.69) is 6.58 Å². The molecule has 0 saturated carbocycles. The Kier molecular flexibility index (Phi) is 4.68. The number of hydrogen-bond donors (Lipinski definition) is 0. The fourth-order valence-electron chi connectivity index (χ4n) is 1.27.